The average Bonchev–Trinajstić information content (AvgIpc) is 2.82. The third-order valence-electron chi connectivity index (χ3n) is 3.51. The van der Waals surface area contributed by atoms with Gasteiger partial charge in [0.05, 0.1) is 0 Å². The summed E-state index contributed by atoms with van der Waals surface area (Å²) >= 11 is 0. The molecule has 0 spiro atoms. The normalized spacial score (nSPS) is 16.8. The van der Waals surface area contributed by atoms with E-state index in [1.165, 1.54) is 24.1 Å². The summed E-state index contributed by atoms with van der Waals surface area (Å²) in [5.74, 6) is 0.500. The van der Waals surface area contributed by atoms with Crippen molar-refractivity contribution in [2.24, 2.45) is 0 Å². The number of hydrogen-bond donors (Lipinski definition) is 2. The first-order valence-electron chi connectivity index (χ1n) is 6.69. The highest BCUT2D eigenvalue weighted by Crippen LogP contribution is 2.31. The SMILES string of the molecule is CNCCCC(C1=CCNN1C)c1ccccc1. The van der Waals surface area contributed by atoms with Gasteiger partial charge >= 0.3 is 0 Å². The van der Waals surface area contributed by atoms with Gasteiger partial charge in [-0.1, -0.05) is 30.3 Å². The van der Waals surface area contributed by atoms with Crippen molar-refractivity contribution in [3.63, 3.8) is 0 Å². The number of hydrazine groups is 1. The summed E-state index contributed by atoms with van der Waals surface area (Å²) in [6.45, 7) is 2.02. The molecular formula is C15H23N3. The molecule has 2 N–H and O–H groups in total. The van der Waals surface area contributed by atoms with Gasteiger partial charge in [-0.3, -0.25) is 0 Å². The van der Waals surface area contributed by atoms with Crippen LogP contribution >= 0.6 is 0 Å². The first kappa shape index (κ1) is 13.1. The highest BCUT2D eigenvalue weighted by molar-refractivity contribution is 5.29. The summed E-state index contributed by atoms with van der Waals surface area (Å²) in [4.78, 5) is 0. The molecule has 1 aromatic rings. The van der Waals surface area contributed by atoms with E-state index >= 15 is 0 Å². The number of rotatable bonds is 6. The van der Waals surface area contributed by atoms with Crippen LogP contribution in [0.2, 0.25) is 0 Å². The summed E-state index contributed by atoms with van der Waals surface area (Å²) in [7, 11) is 4.12. The zero-order valence-electron chi connectivity index (χ0n) is 11.3. The van der Waals surface area contributed by atoms with Gasteiger partial charge in [0.1, 0.15) is 0 Å². The first-order chi connectivity index (χ1) is 8.83. The summed E-state index contributed by atoms with van der Waals surface area (Å²) in [5, 5.41) is 5.39. The van der Waals surface area contributed by atoms with Gasteiger partial charge in [-0.05, 0) is 38.1 Å². The molecule has 1 aliphatic rings. The van der Waals surface area contributed by atoms with E-state index in [9.17, 15) is 0 Å². The molecule has 3 heteroatoms. The molecule has 1 heterocycles. The molecule has 18 heavy (non-hydrogen) atoms. The van der Waals surface area contributed by atoms with E-state index in [2.05, 4.69) is 59.2 Å². The van der Waals surface area contributed by atoms with Crippen LogP contribution in [-0.2, 0) is 0 Å². The van der Waals surface area contributed by atoms with Crippen LogP contribution in [0.4, 0.5) is 0 Å². The minimum Gasteiger partial charge on any atom is -0.320 e. The van der Waals surface area contributed by atoms with Crippen molar-refractivity contribution < 1.29 is 0 Å². The number of allylic oxidation sites excluding steroid dienone is 1. The first-order valence-corrected chi connectivity index (χ1v) is 6.69. The molecule has 1 atom stereocenters. The van der Waals surface area contributed by atoms with Crippen LogP contribution in [0.15, 0.2) is 42.1 Å². The maximum atomic E-state index is 3.34. The Bertz CT molecular complexity index is 386. The Hall–Kier alpha value is -1.32. The maximum Gasteiger partial charge on any atom is 0.0351 e. The highest BCUT2D eigenvalue weighted by atomic mass is 15.5. The minimum atomic E-state index is 0.500. The molecule has 0 aliphatic carbocycles. The standard InChI is InChI=1S/C15H23N3/c1-16-11-6-9-14(13-7-4-3-5-8-13)15-10-12-17-18(15)2/h3-5,7-8,10,14,16-17H,6,9,11-12H2,1-2H3. The zero-order chi connectivity index (χ0) is 12.8. The number of likely N-dealkylation sites (N-methyl/N-ethyl adjacent to an activating group) is 1. The molecule has 0 fully saturated rings. The Kier molecular flexibility index (Phi) is 4.79. The Morgan fingerprint density at radius 1 is 1.33 bits per heavy atom. The van der Waals surface area contributed by atoms with Gasteiger partial charge < -0.3 is 10.3 Å². The summed E-state index contributed by atoms with van der Waals surface area (Å²) in [6, 6.07) is 10.8. The van der Waals surface area contributed by atoms with Crippen LogP contribution in [0.1, 0.15) is 24.3 Å². The van der Waals surface area contributed by atoms with Crippen LogP contribution in [0, 0.1) is 0 Å². The minimum absolute atomic E-state index is 0.500. The largest absolute Gasteiger partial charge is 0.320 e. The molecule has 0 saturated carbocycles. The second kappa shape index (κ2) is 6.57. The van der Waals surface area contributed by atoms with Crippen molar-refractivity contribution in [1.29, 1.82) is 0 Å². The van der Waals surface area contributed by atoms with Crippen molar-refractivity contribution in [3.05, 3.63) is 47.7 Å². The molecule has 0 saturated heterocycles. The Morgan fingerprint density at radius 3 is 2.72 bits per heavy atom. The smallest absolute Gasteiger partial charge is 0.0351 e. The van der Waals surface area contributed by atoms with Gasteiger partial charge in [0.25, 0.3) is 0 Å². The monoisotopic (exact) mass is 245 g/mol. The number of nitrogens with zero attached hydrogens (tertiary/aromatic N) is 1. The highest BCUT2D eigenvalue weighted by Gasteiger charge is 2.22. The van der Waals surface area contributed by atoms with Gasteiger partial charge in [-0.15, -0.1) is 0 Å². The maximum absolute atomic E-state index is 3.34. The lowest BCUT2D eigenvalue weighted by Gasteiger charge is -2.25. The predicted molar refractivity (Wildman–Crippen MR) is 76.2 cm³/mol. The third kappa shape index (κ3) is 3.12. The van der Waals surface area contributed by atoms with Gasteiger partial charge in [-0.25, -0.2) is 5.43 Å². The molecule has 2 rings (SSSR count). The summed E-state index contributed by atoms with van der Waals surface area (Å²) in [6.07, 6.45) is 4.68. The second-order valence-electron chi connectivity index (χ2n) is 4.76. The van der Waals surface area contributed by atoms with E-state index in [4.69, 9.17) is 0 Å². The number of nitrogens with one attached hydrogen (secondary N) is 2. The van der Waals surface area contributed by atoms with E-state index in [-0.39, 0.29) is 0 Å². The van der Waals surface area contributed by atoms with Gasteiger partial charge in [-0.2, -0.15) is 0 Å². The van der Waals surface area contributed by atoms with Gasteiger partial charge in [0, 0.05) is 25.2 Å². The van der Waals surface area contributed by atoms with Crippen molar-refractivity contribution in [2.75, 3.05) is 27.2 Å². The lowest BCUT2D eigenvalue weighted by molar-refractivity contribution is 0.319. The average molecular weight is 245 g/mol. The zero-order valence-corrected chi connectivity index (χ0v) is 11.3. The van der Waals surface area contributed by atoms with Gasteiger partial charge in [0.15, 0.2) is 0 Å². The Morgan fingerprint density at radius 2 is 2.11 bits per heavy atom. The molecule has 0 bridgehead atoms. The van der Waals surface area contributed by atoms with Crippen molar-refractivity contribution >= 4 is 0 Å². The summed E-state index contributed by atoms with van der Waals surface area (Å²) < 4.78 is 0. The van der Waals surface area contributed by atoms with Crippen molar-refractivity contribution in [2.45, 2.75) is 18.8 Å². The second-order valence-corrected chi connectivity index (χ2v) is 4.76. The van der Waals surface area contributed by atoms with Crippen LogP contribution in [0.3, 0.4) is 0 Å². The summed E-state index contributed by atoms with van der Waals surface area (Å²) in [5.41, 5.74) is 6.15. The molecule has 0 amide bonds. The van der Waals surface area contributed by atoms with E-state index < -0.39 is 0 Å². The van der Waals surface area contributed by atoms with Crippen molar-refractivity contribution in [3.8, 4) is 0 Å². The fourth-order valence-electron chi connectivity index (χ4n) is 2.54. The van der Waals surface area contributed by atoms with Crippen LogP contribution in [-0.4, -0.2) is 32.2 Å². The number of hydrogen-bond acceptors (Lipinski definition) is 3. The topological polar surface area (TPSA) is 27.3 Å². The quantitative estimate of drug-likeness (QED) is 0.752. The number of benzene rings is 1. The van der Waals surface area contributed by atoms with Crippen LogP contribution in [0.5, 0.6) is 0 Å². The molecule has 1 unspecified atom stereocenters. The lowest BCUT2D eigenvalue weighted by Crippen LogP contribution is -2.29. The van der Waals surface area contributed by atoms with Crippen LogP contribution < -0.4 is 10.7 Å². The predicted octanol–water partition coefficient (Wildman–Crippen LogP) is 2.10. The van der Waals surface area contributed by atoms with Crippen molar-refractivity contribution in [1.82, 2.24) is 15.8 Å². The molecule has 1 aromatic carbocycles. The van der Waals surface area contributed by atoms with Gasteiger partial charge in [0.2, 0.25) is 0 Å². The van der Waals surface area contributed by atoms with Crippen LogP contribution in [0.25, 0.3) is 0 Å². The fourth-order valence-corrected chi connectivity index (χ4v) is 2.54. The molecule has 0 aromatic heterocycles. The van der Waals surface area contributed by atoms with E-state index in [1.54, 1.807) is 0 Å². The van der Waals surface area contributed by atoms with E-state index in [0.29, 0.717) is 5.92 Å². The molecule has 98 valence electrons. The van der Waals surface area contributed by atoms with E-state index in [1.807, 2.05) is 7.05 Å². The van der Waals surface area contributed by atoms with E-state index in [0.717, 1.165) is 13.1 Å². The molecule has 1 aliphatic heterocycles. The molecule has 0 radical (unpaired) electrons. The lowest BCUT2D eigenvalue weighted by atomic mass is 9.91. The molecular weight excluding hydrogens is 222 g/mol. The Balaban J connectivity index is 2.13. The molecule has 3 nitrogen and oxygen atoms in total. The third-order valence-corrected chi connectivity index (χ3v) is 3.51. The Labute approximate surface area is 110 Å². The fraction of sp³-hybridized carbons (Fsp3) is 0.467.